The summed E-state index contributed by atoms with van der Waals surface area (Å²) in [6.45, 7) is 2.82. The number of anilines is 1. The van der Waals surface area contributed by atoms with Crippen LogP contribution < -0.4 is 9.64 Å². The van der Waals surface area contributed by atoms with Crippen molar-refractivity contribution in [3.8, 4) is 17.1 Å². The van der Waals surface area contributed by atoms with Gasteiger partial charge in [-0.2, -0.15) is 4.98 Å². The van der Waals surface area contributed by atoms with Crippen LogP contribution in [0.3, 0.4) is 0 Å². The number of amides is 1. The van der Waals surface area contributed by atoms with Gasteiger partial charge in [-0.25, -0.2) is 4.98 Å². The lowest BCUT2D eigenvalue weighted by molar-refractivity contribution is -0.133. The topological polar surface area (TPSA) is 84.6 Å². The van der Waals surface area contributed by atoms with Gasteiger partial charge in [-0.15, -0.1) is 0 Å². The highest BCUT2D eigenvalue weighted by Crippen LogP contribution is 2.39. The fourth-order valence-electron chi connectivity index (χ4n) is 3.49. The number of pyridine rings is 1. The highest BCUT2D eigenvalue weighted by atomic mass is 16.5. The molecule has 8 nitrogen and oxygen atoms in total. The molecule has 0 N–H and O–H groups in total. The number of benzene rings is 1. The summed E-state index contributed by atoms with van der Waals surface area (Å²) in [6, 6.07) is 13.3. The Balaban J connectivity index is 1.14. The Bertz CT molecular complexity index is 993. The van der Waals surface area contributed by atoms with Gasteiger partial charge in [-0.1, -0.05) is 23.4 Å². The first-order valence-electron chi connectivity index (χ1n) is 10.3. The number of carbonyl (C=O) groups excluding carboxylic acids is 1. The molecular weight excluding hydrogens is 382 g/mol. The number of hydrogen-bond donors (Lipinski definition) is 0. The van der Waals surface area contributed by atoms with Crippen molar-refractivity contribution < 1.29 is 14.1 Å². The molecule has 0 radical (unpaired) electrons. The molecule has 2 fully saturated rings. The van der Waals surface area contributed by atoms with Gasteiger partial charge in [0.25, 0.3) is 5.91 Å². The van der Waals surface area contributed by atoms with Crippen molar-refractivity contribution in [2.24, 2.45) is 0 Å². The van der Waals surface area contributed by atoms with Crippen molar-refractivity contribution in [1.29, 1.82) is 0 Å². The van der Waals surface area contributed by atoms with Crippen molar-refractivity contribution in [2.45, 2.75) is 18.8 Å². The minimum atomic E-state index is 0.00498. The molecule has 1 aliphatic carbocycles. The number of piperazine rings is 1. The molecule has 0 unspecified atom stereocenters. The second-order valence-electron chi connectivity index (χ2n) is 7.61. The molecule has 0 spiro atoms. The monoisotopic (exact) mass is 405 g/mol. The Morgan fingerprint density at radius 3 is 2.57 bits per heavy atom. The molecule has 3 aromatic rings. The van der Waals surface area contributed by atoms with Crippen LogP contribution >= 0.6 is 0 Å². The standard InChI is InChI=1S/C22H23N5O3/c28-20(15-29-18-4-2-1-3-5-18)27-12-10-26(11-13-27)19-9-8-17(14-23-19)21-24-22(30-25-21)16-6-7-16/h1-5,8-9,14,16H,6-7,10-13,15H2. The number of carbonyl (C=O) groups is 1. The summed E-state index contributed by atoms with van der Waals surface area (Å²) in [5, 5.41) is 4.06. The lowest BCUT2D eigenvalue weighted by Gasteiger charge is -2.35. The number of aromatic nitrogens is 3. The van der Waals surface area contributed by atoms with Gasteiger partial charge in [0.2, 0.25) is 11.7 Å². The van der Waals surface area contributed by atoms with Gasteiger partial charge in [0, 0.05) is 43.9 Å². The average Bonchev–Trinajstić information content (AvgIpc) is 3.55. The molecular formula is C22H23N5O3. The van der Waals surface area contributed by atoms with Crippen LogP contribution in [-0.4, -0.2) is 58.7 Å². The van der Waals surface area contributed by atoms with E-state index in [9.17, 15) is 4.79 Å². The van der Waals surface area contributed by atoms with Gasteiger partial charge in [-0.05, 0) is 37.1 Å². The van der Waals surface area contributed by atoms with Crippen LogP contribution in [0.5, 0.6) is 5.75 Å². The van der Waals surface area contributed by atoms with Crippen molar-refractivity contribution in [3.05, 3.63) is 54.6 Å². The summed E-state index contributed by atoms with van der Waals surface area (Å²) in [7, 11) is 0. The molecule has 0 atom stereocenters. The first-order chi connectivity index (χ1) is 14.8. The third kappa shape index (κ3) is 4.12. The van der Waals surface area contributed by atoms with Crippen LogP contribution in [0, 0.1) is 0 Å². The van der Waals surface area contributed by atoms with Crippen LogP contribution in [-0.2, 0) is 4.79 Å². The van der Waals surface area contributed by atoms with E-state index in [1.54, 1.807) is 6.20 Å². The molecule has 1 amide bonds. The predicted octanol–water partition coefficient (Wildman–Crippen LogP) is 2.74. The third-order valence-corrected chi connectivity index (χ3v) is 5.44. The van der Waals surface area contributed by atoms with Crippen LogP contribution in [0.15, 0.2) is 53.2 Å². The van der Waals surface area contributed by atoms with Gasteiger partial charge in [0.15, 0.2) is 6.61 Å². The van der Waals surface area contributed by atoms with Gasteiger partial charge >= 0.3 is 0 Å². The zero-order chi connectivity index (χ0) is 20.3. The van der Waals surface area contributed by atoms with Crippen LogP contribution in [0.1, 0.15) is 24.7 Å². The summed E-state index contributed by atoms with van der Waals surface area (Å²) >= 11 is 0. The van der Waals surface area contributed by atoms with Crippen LogP contribution in [0.25, 0.3) is 11.4 Å². The summed E-state index contributed by atoms with van der Waals surface area (Å²) in [6.07, 6.45) is 4.04. The Morgan fingerprint density at radius 2 is 1.87 bits per heavy atom. The number of hydrogen-bond acceptors (Lipinski definition) is 7. The lowest BCUT2D eigenvalue weighted by atomic mass is 10.2. The van der Waals surface area contributed by atoms with Gasteiger partial charge in [0.1, 0.15) is 11.6 Å². The number of nitrogens with zero attached hydrogens (tertiary/aromatic N) is 5. The quantitative estimate of drug-likeness (QED) is 0.623. The van der Waals surface area contributed by atoms with E-state index in [0.717, 1.165) is 43.2 Å². The van der Waals surface area contributed by atoms with Gasteiger partial charge in [0.05, 0.1) is 0 Å². The van der Waals surface area contributed by atoms with E-state index >= 15 is 0 Å². The largest absolute Gasteiger partial charge is 0.484 e. The van der Waals surface area contributed by atoms with E-state index in [0.29, 0.717) is 30.6 Å². The Hall–Kier alpha value is -3.42. The third-order valence-electron chi connectivity index (χ3n) is 5.44. The van der Waals surface area contributed by atoms with Gasteiger partial charge in [-0.3, -0.25) is 4.79 Å². The number of para-hydroxylation sites is 1. The van der Waals surface area contributed by atoms with Crippen LogP contribution in [0.2, 0.25) is 0 Å². The minimum absolute atomic E-state index is 0.00498. The van der Waals surface area contributed by atoms with Crippen molar-refractivity contribution in [2.75, 3.05) is 37.7 Å². The second-order valence-corrected chi connectivity index (χ2v) is 7.61. The molecule has 8 heteroatoms. The second kappa shape index (κ2) is 8.14. The molecule has 154 valence electrons. The van der Waals surface area contributed by atoms with Crippen LogP contribution in [0.4, 0.5) is 5.82 Å². The first-order valence-corrected chi connectivity index (χ1v) is 10.3. The summed E-state index contributed by atoms with van der Waals surface area (Å²) in [5.41, 5.74) is 0.848. The molecule has 30 heavy (non-hydrogen) atoms. The maximum absolute atomic E-state index is 12.4. The maximum atomic E-state index is 12.4. The molecule has 1 saturated heterocycles. The molecule has 0 bridgehead atoms. The average molecular weight is 405 g/mol. The minimum Gasteiger partial charge on any atom is -0.484 e. The van der Waals surface area contributed by atoms with Crippen molar-refractivity contribution in [1.82, 2.24) is 20.0 Å². The SMILES string of the molecule is O=C(COc1ccccc1)N1CCN(c2ccc(-c3noc(C4CC4)n3)cn2)CC1. The Morgan fingerprint density at radius 1 is 1.07 bits per heavy atom. The summed E-state index contributed by atoms with van der Waals surface area (Å²) in [4.78, 5) is 25.5. The highest BCUT2D eigenvalue weighted by molar-refractivity contribution is 5.78. The van der Waals surface area contributed by atoms with E-state index in [-0.39, 0.29) is 12.5 Å². The van der Waals surface area contributed by atoms with E-state index < -0.39 is 0 Å². The fraction of sp³-hybridized carbons (Fsp3) is 0.364. The lowest BCUT2D eigenvalue weighted by Crippen LogP contribution is -2.50. The highest BCUT2D eigenvalue weighted by Gasteiger charge is 2.30. The fourth-order valence-corrected chi connectivity index (χ4v) is 3.49. The predicted molar refractivity (Wildman–Crippen MR) is 110 cm³/mol. The Kier molecular flexibility index (Phi) is 5.04. The zero-order valence-electron chi connectivity index (χ0n) is 16.6. The molecule has 1 aromatic carbocycles. The van der Waals surface area contributed by atoms with E-state index in [2.05, 4.69) is 20.0 Å². The number of rotatable bonds is 6. The molecule has 2 aliphatic rings. The molecule has 1 saturated carbocycles. The zero-order valence-corrected chi connectivity index (χ0v) is 16.6. The van der Waals surface area contributed by atoms with Crippen molar-refractivity contribution >= 4 is 11.7 Å². The summed E-state index contributed by atoms with van der Waals surface area (Å²) < 4.78 is 10.9. The van der Waals surface area contributed by atoms with E-state index in [1.165, 1.54) is 0 Å². The molecule has 1 aliphatic heterocycles. The van der Waals surface area contributed by atoms with E-state index in [4.69, 9.17) is 9.26 Å². The van der Waals surface area contributed by atoms with Gasteiger partial charge < -0.3 is 19.1 Å². The smallest absolute Gasteiger partial charge is 0.260 e. The molecule has 3 heterocycles. The molecule has 2 aromatic heterocycles. The number of ether oxygens (including phenoxy) is 1. The molecule has 5 rings (SSSR count). The first kappa shape index (κ1) is 18.6. The Labute approximate surface area is 174 Å². The maximum Gasteiger partial charge on any atom is 0.260 e. The van der Waals surface area contributed by atoms with Crippen molar-refractivity contribution in [3.63, 3.8) is 0 Å². The van der Waals surface area contributed by atoms with E-state index in [1.807, 2.05) is 47.4 Å². The normalized spacial score (nSPS) is 16.5. The summed E-state index contributed by atoms with van der Waals surface area (Å²) in [5.74, 6) is 3.36.